The predicted molar refractivity (Wildman–Crippen MR) is 66.4 cm³/mol. The lowest BCUT2D eigenvalue weighted by Gasteiger charge is -2.41. The van der Waals surface area contributed by atoms with Crippen LogP contribution >= 0.6 is 11.5 Å². The Morgan fingerprint density at radius 1 is 1.50 bits per heavy atom. The quantitative estimate of drug-likeness (QED) is 0.797. The van der Waals surface area contributed by atoms with Crippen LogP contribution in [0.3, 0.4) is 0 Å². The summed E-state index contributed by atoms with van der Waals surface area (Å²) in [7, 11) is 2.21. The number of piperazine rings is 1. The monoisotopic (exact) mass is 240 g/mol. The van der Waals surface area contributed by atoms with Crippen molar-refractivity contribution in [2.45, 2.75) is 26.4 Å². The molecule has 1 fully saturated rings. The van der Waals surface area contributed by atoms with Gasteiger partial charge in [0.05, 0.1) is 5.69 Å². The number of likely N-dealkylation sites (N-methyl/N-ethyl adjacent to an activating group) is 1. The second-order valence-corrected chi connectivity index (χ2v) is 5.55. The molecular weight excluding hydrogens is 220 g/mol. The Labute approximate surface area is 101 Å². The maximum atomic E-state index is 4.14. The molecule has 5 heteroatoms. The van der Waals surface area contributed by atoms with E-state index in [1.807, 2.05) is 0 Å². The van der Waals surface area contributed by atoms with E-state index in [-0.39, 0.29) is 0 Å². The summed E-state index contributed by atoms with van der Waals surface area (Å²) < 4.78 is 3.93. The van der Waals surface area contributed by atoms with E-state index in [1.54, 1.807) is 0 Å². The second kappa shape index (κ2) is 5.21. The van der Waals surface area contributed by atoms with Crippen molar-refractivity contribution in [1.29, 1.82) is 0 Å². The van der Waals surface area contributed by atoms with Gasteiger partial charge >= 0.3 is 0 Å². The highest BCUT2D eigenvalue weighted by atomic mass is 32.1. The van der Waals surface area contributed by atoms with E-state index in [4.69, 9.17) is 0 Å². The van der Waals surface area contributed by atoms with Gasteiger partial charge in [0.2, 0.25) is 0 Å². The van der Waals surface area contributed by atoms with Crippen LogP contribution in [-0.4, -0.2) is 52.1 Å². The zero-order chi connectivity index (χ0) is 11.5. The molecule has 2 rings (SSSR count). The Kier molecular flexibility index (Phi) is 3.89. The average molecular weight is 240 g/mol. The molecule has 2 heterocycles. The van der Waals surface area contributed by atoms with Crippen molar-refractivity contribution < 1.29 is 0 Å². The minimum absolute atomic E-state index is 0.639. The number of nitrogens with zero attached hydrogens (tertiary/aromatic N) is 4. The molecule has 1 aliphatic rings. The van der Waals surface area contributed by atoms with Gasteiger partial charge in [-0.25, -0.2) is 0 Å². The summed E-state index contributed by atoms with van der Waals surface area (Å²) in [6.07, 6.45) is 0. The lowest BCUT2D eigenvalue weighted by molar-refractivity contribution is 0.0561. The van der Waals surface area contributed by atoms with Crippen LogP contribution in [0.1, 0.15) is 19.5 Å². The largest absolute Gasteiger partial charge is 0.304 e. The number of aromatic nitrogens is 2. The molecule has 0 N–H and O–H groups in total. The lowest BCUT2D eigenvalue weighted by Crippen LogP contribution is -2.53. The van der Waals surface area contributed by atoms with E-state index in [2.05, 4.69) is 45.7 Å². The summed E-state index contributed by atoms with van der Waals surface area (Å²) in [5, 5.41) is 6.19. The molecule has 1 atom stereocenters. The second-order valence-electron chi connectivity index (χ2n) is 4.94. The normalized spacial score (nSPS) is 24.1. The molecule has 16 heavy (non-hydrogen) atoms. The van der Waals surface area contributed by atoms with Crippen LogP contribution < -0.4 is 0 Å². The van der Waals surface area contributed by atoms with E-state index >= 15 is 0 Å². The first kappa shape index (κ1) is 12.0. The third-order valence-corrected chi connectivity index (χ3v) is 3.83. The van der Waals surface area contributed by atoms with Crippen molar-refractivity contribution in [1.82, 2.24) is 19.4 Å². The van der Waals surface area contributed by atoms with Crippen LogP contribution in [0.15, 0.2) is 5.38 Å². The van der Waals surface area contributed by atoms with E-state index < -0.39 is 0 Å². The predicted octanol–water partition coefficient (Wildman–Crippen LogP) is 1.31. The molecule has 0 saturated carbocycles. The number of rotatable bonds is 3. The topological polar surface area (TPSA) is 32.3 Å². The fraction of sp³-hybridized carbons (Fsp3) is 0.818. The fourth-order valence-electron chi connectivity index (χ4n) is 2.28. The molecule has 4 nitrogen and oxygen atoms in total. The van der Waals surface area contributed by atoms with Gasteiger partial charge < -0.3 is 4.90 Å². The summed E-state index contributed by atoms with van der Waals surface area (Å²) in [4.78, 5) is 4.96. The van der Waals surface area contributed by atoms with Crippen LogP contribution in [0.4, 0.5) is 0 Å². The third kappa shape index (κ3) is 2.78. The standard InChI is InChI=1S/C11H20N4S/c1-9(2)11-7-14(3)4-5-15(11)6-10-8-16-13-12-10/h8-9,11H,4-7H2,1-3H3/t11-/m1/s1. The van der Waals surface area contributed by atoms with E-state index in [0.29, 0.717) is 12.0 Å². The van der Waals surface area contributed by atoms with Crippen LogP contribution in [0.25, 0.3) is 0 Å². The van der Waals surface area contributed by atoms with Crippen molar-refractivity contribution in [2.24, 2.45) is 5.92 Å². The highest BCUT2D eigenvalue weighted by molar-refractivity contribution is 7.03. The molecular formula is C11H20N4S. The summed E-state index contributed by atoms with van der Waals surface area (Å²) in [5.74, 6) is 0.689. The molecule has 90 valence electrons. The Balaban J connectivity index is 2.01. The first-order chi connectivity index (χ1) is 7.66. The fourth-order valence-corrected chi connectivity index (χ4v) is 2.72. The van der Waals surface area contributed by atoms with Crippen molar-refractivity contribution in [3.63, 3.8) is 0 Å². The van der Waals surface area contributed by atoms with Gasteiger partial charge in [0, 0.05) is 37.6 Å². The lowest BCUT2D eigenvalue weighted by atomic mass is 9.99. The molecule has 0 bridgehead atoms. The molecule has 1 aliphatic heterocycles. The Bertz CT molecular complexity index is 312. The van der Waals surface area contributed by atoms with Gasteiger partial charge in [-0.2, -0.15) is 0 Å². The van der Waals surface area contributed by atoms with Gasteiger partial charge in [0.25, 0.3) is 0 Å². The summed E-state index contributed by atoms with van der Waals surface area (Å²) in [5.41, 5.74) is 1.11. The maximum Gasteiger partial charge on any atom is 0.0895 e. The maximum absolute atomic E-state index is 4.14. The molecule has 1 saturated heterocycles. The summed E-state index contributed by atoms with van der Waals surface area (Å²) >= 11 is 1.44. The number of hydrogen-bond acceptors (Lipinski definition) is 5. The van der Waals surface area contributed by atoms with Crippen LogP contribution in [0.2, 0.25) is 0 Å². The van der Waals surface area contributed by atoms with Crippen molar-refractivity contribution in [2.75, 3.05) is 26.7 Å². The molecule has 1 aromatic heterocycles. The van der Waals surface area contributed by atoms with Gasteiger partial charge in [-0.3, -0.25) is 4.90 Å². The molecule has 0 aliphatic carbocycles. The smallest absolute Gasteiger partial charge is 0.0895 e. The first-order valence-corrected chi connectivity index (χ1v) is 6.69. The minimum atomic E-state index is 0.639. The summed E-state index contributed by atoms with van der Waals surface area (Å²) in [6, 6.07) is 0.639. The van der Waals surface area contributed by atoms with Crippen LogP contribution in [0, 0.1) is 5.92 Å². The molecule has 0 spiro atoms. The third-order valence-electron chi connectivity index (χ3n) is 3.28. The van der Waals surface area contributed by atoms with E-state index in [9.17, 15) is 0 Å². The first-order valence-electron chi connectivity index (χ1n) is 5.85. The molecule has 1 aromatic rings. The SMILES string of the molecule is CC(C)[C@H]1CN(C)CCN1Cc1csnn1. The van der Waals surface area contributed by atoms with E-state index in [0.717, 1.165) is 31.9 Å². The van der Waals surface area contributed by atoms with Crippen LogP contribution in [-0.2, 0) is 6.54 Å². The van der Waals surface area contributed by atoms with Gasteiger partial charge in [0.15, 0.2) is 0 Å². The zero-order valence-electron chi connectivity index (χ0n) is 10.3. The minimum Gasteiger partial charge on any atom is -0.304 e. The van der Waals surface area contributed by atoms with Gasteiger partial charge in [0.1, 0.15) is 0 Å². The molecule has 0 aromatic carbocycles. The molecule has 0 radical (unpaired) electrons. The van der Waals surface area contributed by atoms with Gasteiger partial charge in [-0.05, 0) is 24.5 Å². The Morgan fingerprint density at radius 3 is 2.94 bits per heavy atom. The van der Waals surface area contributed by atoms with Gasteiger partial charge in [-0.1, -0.05) is 18.3 Å². The highest BCUT2D eigenvalue weighted by Gasteiger charge is 2.27. The average Bonchev–Trinajstić information content (AvgIpc) is 2.73. The molecule has 0 unspecified atom stereocenters. The van der Waals surface area contributed by atoms with Gasteiger partial charge in [-0.15, -0.1) is 5.10 Å². The summed E-state index contributed by atoms with van der Waals surface area (Å²) in [6.45, 7) is 9.01. The molecule has 0 amide bonds. The Hall–Kier alpha value is -0.520. The van der Waals surface area contributed by atoms with Crippen molar-refractivity contribution >= 4 is 11.5 Å². The number of hydrogen-bond donors (Lipinski definition) is 0. The van der Waals surface area contributed by atoms with Crippen LogP contribution in [0.5, 0.6) is 0 Å². The van der Waals surface area contributed by atoms with Crippen molar-refractivity contribution in [3.8, 4) is 0 Å². The zero-order valence-corrected chi connectivity index (χ0v) is 11.1. The van der Waals surface area contributed by atoms with E-state index in [1.165, 1.54) is 11.5 Å². The van der Waals surface area contributed by atoms with Crippen molar-refractivity contribution in [3.05, 3.63) is 11.1 Å². The Morgan fingerprint density at radius 2 is 2.31 bits per heavy atom. The highest BCUT2D eigenvalue weighted by Crippen LogP contribution is 2.18.